The molecule has 160 valence electrons. The summed E-state index contributed by atoms with van der Waals surface area (Å²) >= 11 is 0. The summed E-state index contributed by atoms with van der Waals surface area (Å²) < 4.78 is 24.2. The summed E-state index contributed by atoms with van der Waals surface area (Å²) in [7, 11) is 3.27. The molecule has 0 saturated carbocycles. The molecule has 0 aliphatic carbocycles. The summed E-state index contributed by atoms with van der Waals surface area (Å²) in [4.78, 5) is 23.1. The zero-order chi connectivity index (χ0) is 21.5. The molecule has 1 aromatic carbocycles. The van der Waals surface area contributed by atoms with Gasteiger partial charge in [-0.2, -0.15) is 0 Å². The quantitative estimate of drug-likeness (QED) is 0.616. The van der Waals surface area contributed by atoms with Crippen LogP contribution in [0.25, 0.3) is 11.0 Å². The number of ether oxygens (including phenoxy) is 2. The van der Waals surface area contributed by atoms with Crippen LogP contribution in [0.3, 0.4) is 0 Å². The van der Waals surface area contributed by atoms with Crippen LogP contribution in [-0.4, -0.2) is 58.7 Å². The number of piperidine rings is 1. The Morgan fingerprint density at radius 3 is 2.67 bits per heavy atom. The number of carbonyl (C=O) groups is 1. The number of nitrogens with one attached hydrogen (secondary N) is 1. The molecule has 1 saturated heterocycles. The lowest BCUT2D eigenvalue weighted by atomic mass is 9.96. The number of hydrogen-bond donors (Lipinski definition) is 2. The first kappa shape index (κ1) is 21.5. The second kappa shape index (κ2) is 10.0. The molecule has 0 bridgehead atoms. The number of benzene rings is 1. The summed E-state index contributed by atoms with van der Waals surface area (Å²) in [5.74, 6) is 2.46. The summed E-state index contributed by atoms with van der Waals surface area (Å²) in [5, 5.41) is 6.89. The first-order valence-corrected chi connectivity index (χ1v) is 9.60. The van der Waals surface area contributed by atoms with Gasteiger partial charge in [-0.1, -0.05) is 0 Å². The second-order valence-electron chi connectivity index (χ2n) is 6.93. The molecule has 1 fully saturated rings. The second-order valence-corrected chi connectivity index (χ2v) is 6.93. The van der Waals surface area contributed by atoms with E-state index in [9.17, 15) is 4.39 Å². The average molecular weight is 416 g/mol. The monoisotopic (exact) mass is 416 g/mol. The van der Waals surface area contributed by atoms with Crippen LogP contribution in [-0.2, 0) is 11.3 Å². The molecule has 4 rings (SSSR count). The van der Waals surface area contributed by atoms with Gasteiger partial charge in [0, 0.05) is 24.7 Å². The number of aromatic amines is 1. The zero-order valence-corrected chi connectivity index (χ0v) is 17.0. The maximum Gasteiger partial charge on any atom is 0.290 e. The minimum Gasteiger partial charge on any atom is -0.493 e. The lowest BCUT2D eigenvalue weighted by Crippen LogP contribution is -2.33. The summed E-state index contributed by atoms with van der Waals surface area (Å²) in [6.07, 6.45) is 3.74. The van der Waals surface area contributed by atoms with Gasteiger partial charge in [-0.25, -0.2) is 9.37 Å². The number of carboxylic acid groups (broad SMARTS) is 1. The summed E-state index contributed by atoms with van der Waals surface area (Å²) in [5.41, 5.74) is 2.46. The topological polar surface area (TPSA) is 101 Å². The molecule has 1 aliphatic rings. The lowest BCUT2D eigenvalue weighted by molar-refractivity contribution is -0.122. The third-order valence-electron chi connectivity index (χ3n) is 5.18. The molecule has 1 aliphatic heterocycles. The molecule has 0 radical (unpaired) electrons. The van der Waals surface area contributed by atoms with E-state index in [2.05, 4.69) is 19.9 Å². The molecule has 8 nitrogen and oxygen atoms in total. The summed E-state index contributed by atoms with van der Waals surface area (Å²) in [6, 6.07) is 6.48. The van der Waals surface area contributed by atoms with Crippen LogP contribution in [0.5, 0.6) is 11.5 Å². The van der Waals surface area contributed by atoms with Gasteiger partial charge >= 0.3 is 0 Å². The Balaban J connectivity index is 0.000000806. The van der Waals surface area contributed by atoms with Crippen LogP contribution >= 0.6 is 0 Å². The van der Waals surface area contributed by atoms with Crippen molar-refractivity contribution in [2.75, 3.05) is 27.3 Å². The van der Waals surface area contributed by atoms with E-state index in [1.807, 2.05) is 0 Å². The Labute approximate surface area is 173 Å². The third-order valence-corrected chi connectivity index (χ3v) is 5.18. The van der Waals surface area contributed by atoms with Crippen molar-refractivity contribution in [3.8, 4) is 11.5 Å². The fraction of sp³-hybridized carbons (Fsp3) is 0.381. The fourth-order valence-electron chi connectivity index (χ4n) is 3.73. The molecule has 30 heavy (non-hydrogen) atoms. The fourth-order valence-corrected chi connectivity index (χ4v) is 3.73. The molecule has 2 N–H and O–H groups in total. The highest BCUT2D eigenvalue weighted by molar-refractivity contribution is 5.75. The molecular weight excluding hydrogens is 391 g/mol. The number of pyridine rings is 1. The number of hydrogen-bond acceptors (Lipinski definition) is 6. The number of rotatable bonds is 5. The van der Waals surface area contributed by atoms with Gasteiger partial charge < -0.3 is 19.6 Å². The van der Waals surface area contributed by atoms with Crippen molar-refractivity contribution in [1.29, 1.82) is 0 Å². The van der Waals surface area contributed by atoms with Crippen LogP contribution in [0.4, 0.5) is 4.39 Å². The Morgan fingerprint density at radius 2 is 2.00 bits per heavy atom. The van der Waals surface area contributed by atoms with Gasteiger partial charge in [0.05, 0.1) is 25.3 Å². The summed E-state index contributed by atoms with van der Waals surface area (Å²) in [6.45, 7) is 2.36. The van der Waals surface area contributed by atoms with Crippen molar-refractivity contribution in [1.82, 2.24) is 19.9 Å². The van der Waals surface area contributed by atoms with Gasteiger partial charge in [0.1, 0.15) is 17.3 Å². The van der Waals surface area contributed by atoms with Crippen LogP contribution in [0.1, 0.15) is 30.3 Å². The van der Waals surface area contributed by atoms with Gasteiger partial charge in [-0.05, 0) is 44.1 Å². The van der Waals surface area contributed by atoms with Crippen molar-refractivity contribution in [2.24, 2.45) is 0 Å². The number of methoxy groups -OCH3 is 2. The molecule has 3 heterocycles. The SMILES string of the molecule is COc1ccnc(CN2CCC(c3nc4ccc(F)cc4[nH]3)CC2)c1OC.O=CO. The maximum atomic E-state index is 13.4. The van der Waals surface area contributed by atoms with Crippen molar-refractivity contribution in [3.63, 3.8) is 0 Å². The highest BCUT2D eigenvalue weighted by Gasteiger charge is 2.24. The van der Waals surface area contributed by atoms with Crippen molar-refractivity contribution < 1.29 is 23.8 Å². The van der Waals surface area contributed by atoms with Crippen LogP contribution in [0.15, 0.2) is 30.5 Å². The van der Waals surface area contributed by atoms with E-state index in [1.165, 1.54) is 12.1 Å². The number of imidazole rings is 1. The third kappa shape index (κ3) is 4.85. The van der Waals surface area contributed by atoms with E-state index in [-0.39, 0.29) is 12.3 Å². The highest BCUT2D eigenvalue weighted by Crippen LogP contribution is 2.32. The number of aromatic nitrogens is 3. The van der Waals surface area contributed by atoms with Crippen LogP contribution < -0.4 is 9.47 Å². The largest absolute Gasteiger partial charge is 0.493 e. The first-order chi connectivity index (χ1) is 14.6. The molecule has 3 aromatic rings. The average Bonchev–Trinajstić information content (AvgIpc) is 3.17. The number of fused-ring (bicyclic) bond motifs is 1. The van der Waals surface area contributed by atoms with Crippen molar-refractivity contribution >= 4 is 17.5 Å². The molecule has 0 atom stereocenters. The normalized spacial score (nSPS) is 14.8. The lowest BCUT2D eigenvalue weighted by Gasteiger charge is -2.31. The molecule has 0 unspecified atom stereocenters. The van der Waals surface area contributed by atoms with Gasteiger partial charge in [0.2, 0.25) is 0 Å². The Kier molecular flexibility index (Phi) is 7.18. The highest BCUT2D eigenvalue weighted by atomic mass is 19.1. The Hall–Kier alpha value is -3.20. The minimum atomic E-state index is -0.250. The van der Waals surface area contributed by atoms with E-state index < -0.39 is 0 Å². The predicted molar refractivity (Wildman–Crippen MR) is 109 cm³/mol. The van der Waals surface area contributed by atoms with Gasteiger partial charge in [-0.3, -0.25) is 14.7 Å². The smallest absolute Gasteiger partial charge is 0.290 e. The maximum absolute atomic E-state index is 13.4. The standard InChI is InChI=1S/C20H23FN4O2.CH2O2/c1-26-18-5-8-22-17(19(18)27-2)12-25-9-6-13(7-10-25)20-23-15-4-3-14(21)11-16(15)24-20;2-1-3/h3-5,8,11,13H,6-7,9-10,12H2,1-2H3,(H,23,24);1H,(H,2,3). The number of likely N-dealkylation sites (tertiary alicyclic amines) is 1. The van der Waals surface area contributed by atoms with Gasteiger partial charge in [0.15, 0.2) is 11.5 Å². The number of halogens is 1. The van der Waals surface area contributed by atoms with Crippen molar-refractivity contribution in [2.45, 2.75) is 25.3 Å². The van der Waals surface area contributed by atoms with E-state index in [0.717, 1.165) is 55.0 Å². The van der Waals surface area contributed by atoms with Gasteiger partial charge in [0.25, 0.3) is 6.47 Å². The van der Waals surface area contributed by atoms with E-state index in [1.54, 1.807) is 32.5 Å². The predicted octanol–water partition coefficient (Wildman–Crippen LogP) is 3.19. The molecule has 0 spiro atoms. The Bertz CT molecular complexity index is 986. The molecule has 2 aromatic heterocycles. The van der Waals surface area contributed by atoms with Crippen LogP contribution in [0.2, 0.25) is 0 Å². The van der Waals surface area contributed by atoms with Crippen molar-refractivity contribution in [3.05, 3.63) is 47.8 Å². The Morgan fingerprint density at radius 1 is 1.27 bits per heavy atom. The minimum absolute atomic E-state index is 0.243. The number of nitrogens with zero attached hydrogens (tertiary/aromatic N) is 3. The van der Waals surface area contributed by atoms with E-state index in [0.29, 0.717) is 17.4 Å². The van der Waals surface area contributed by atoms with E-state index in [4.69, 9.17) is 19.4 Å². The number of H-pyrrole nitrogens is 1. The van der Waals surface area contributed by atoms with E-state index >= 15 is 0 Å². The molecular formula is C21H25FN4O4. The van der Waals surface area contributed by atoms with Crippen LogP contribution in [0, 0.1) is 5.82 Å². The molecule has 9 heteroatoms. The van der Waals surface area contributed by atoms with Gasteiger partial charge in [-0.15, -0.1) is 0 Å². The first-order valence-electron chi connectivity index (χ1n) is 9.60. The molecule has 0 amide bonds. The zero-order valence-electron chi connectivity index (χ0n) is 17.0.